The molecule has 8 heteroatoms. The Morgan fingerprint density at radius 2 is 2.25 bits per heavy atom. The summed E-state index contributed by atoms with van der Waals surface area (Å²) in [7, 11) is 0. The van der Waals surface area contributed by atoms with Crippen LogP contribution >= 0.6 is 35.0 Å². The van der Waals surface area contributed by atoms with E-state index in [9.17, 15) is 4.79 Å². The Morgan fingerprint density at radius 1 is 1.40 bits per heavy atom. The molecule has 1 aromatic heterocycles. The van der Waals surface area contributed by atoms with Gasteiger partial charge in [-0.15, -0.1) is 11.8 Å². The third-order valence-electron chi connectivity index (χ3n) is 2.40. The summed E-state index contributed by atoms with van der Waals surface area (Å²) in [6.45, 7) is 0.512. The Bertz CT molecular complexity index is 577. The largest absolute Gasteiger partial charge is 0.355 e. The Labute approximate surface area is 130 Å². The predicted octanol–water partition coefficient (Wildman–Crippen LogP) is 2.56. The molecule has 0 bridgehead atoms. The molecule has 2 rings (SSSR count). The zero-order chi connectivity index (χ0) is 14.4. The predicted molar refractivity (Wildman–Crippen MR) is 80.3 cm³/mol. The highest BCUT2D eigenvalue weighted by atomic mass is 35.5. The topological polar surface area (TPSA) is 70.7 Å². The first-order valence-corrected chi connectivity index (χ1v) is 7.58. The van der Waals surface area contributed by atoms with Crippen LogP contribution in [0.2, 0.25) is 10.0 Å². The van der Waals surface area contributed by atoms with Crippen molar-refractivity contribution in [1.82, 2.24) is 20.5 Å². The van der Waals surface area contributed by atoms with Gasteiger partial charge in [0.2, 0.25) is 5.91 Å². The van der Waals surface area contributed by atoms with Crippen molar-refractivity contribution in [2.75, 3.05) is 12.3 Å². The number of carbonyl (C=O) groups excluding carboxylic acids is 1. The Kier molecular flexibility index (Phi) is 5.70. The Morgan fingerprint density at radius 3 is 3.00 bits per heavy atom. The van der Waals surface area contributed by atoms with Gasteiger partial charge in [-0.25, -0.2) is 4.98 Å². The number of aromatic amines is 1. The lowest BCUT2D eigenvalue weighted by molar-refractivity contribution is -0.118. The average Bonchev–Trinajstić information content (AvgIpc) is 2.93. The molecule has 0 saturated heterocycles. The van der Waals surface area contributed by atoms with Crippen molar-refractivity contribution >= 4 is 40.9 Å². The fourth-order valence-corrected chi connectivity index (χ4v) is 2.78. The zero-order valence-corrected chi connectivity index (χ0v) is 12.7. The molecule has 2 aromatic rings. The van der Waals surface area contributed by atoms with E-state index in [0.29, 0.717) is 23.0 Å². The second-order valence-corrected chi connectivity index (χ2v) is 5.76. The van der Waals surface area contributed by atoms with E-state index in [1.807, 2.05) is 0 Å². The number of amides is 1. The molecule has 106 valence electrons. The molecule has 1 heterocycles. The fraction of sp³-hybridized carbons (Fsp3) is 0.250. The molecule has 0 atom stereocenters. The molecule has 2 N–H and O–H groups in total. The number of hydrogen-bond acceptors (Lipinski definition) is 4. The maximum absolute atomic E-state index is 11.7. The van der Waals surface area contributed by atoms with Crippen LogP contribution in [0.3, 0.4) is 0 Å². The SMILES string of the molecule is O=C(CSc1cc(Cl)ccc1Cl)NCCc1ncn[nH]1. The van der Waals surface area contributed by atoms with Gasteiger partial charge in [-0.1, -0.05) is 23.2 Å². The standard InChI is InChI=1S/C12H12Cl2N4OS/c13-8-1-2-9(14)10(5-8)20-6-12(19)15-4-3-11-16-7-17-18-11/h1-2,5,7H,3-4,6H2,(H,15,19)(H,16,17,18). The van der Waals surface area contributed by atoms with Crippen LogP contribution in [-0.4, -0.2) is 33.4 Å². The van der Waals surface area contributed by atoms with Crippen LogP contribution in [0.4, 0.5) is 0 Å². The molecule has 0 aliphatic carbocycles. The van der Waals surface area contributed by atoms with Crippen molar-refractivity contribution in [2.45, 2.75) is 11.3 Å². The summed E-state index contributed by atoms with van der Waals surface area (Å²) in [5.74, 6) is 0.970. The highest BCUT2D eigenvalue weighted by Crippen LogP contribution is 2.29. The number of benzene rings is 1. The van der Waals surface area contributed by atoms with Gasteiger partial charge in [0.25, 0.3) is 0 Å². The van der Waals surface area contributed by atoms with E-state index in [2.05, 4.69) is 20.5 Å². The molecule has 1 aromatic carbocycles. The fourth-order valence-electron chi connectivity index (χ4n) is 1.45. The number of H-pyrrole nitrogens is 1. The molecule has 0 spiro atoms. The van der Waals surface area contributed by atoms with Gasteiger partial charge in [-0.2, -0.15) is 5.10 Å². The number of carbonyl (C=O) groups is 1. The van der Waals surface area contributed by atoms with Crippen LogP contribution in [0.1, 0.15) is 5.82 Å². The molecule has 0 fully saturated rings. The van der Waals surface area contributed by atoms with E-state index in [-0.39, 0.29) is 11.7 Å². The average molecular weight is 331 g/mol. The Hall–Kier alpha value is -1.24. The van der Waals surface area contributed by atoms with Gasteiger partial charge in [-0.05, 0) is 18.2 Å². The normalized spacial score (nSPS) is 10.5. The van der Waals surface area contributed by atoms with Gasteiger partial charge in [0, 0.05) is 22.9 Å². The number of nitrogens with zero attached hydrogens (tertiary/aromatic N) is 2. The molecule has 20 heavy (non-hydrogen) atoms. The number of rotatable bonds is 6. The van der Waals surface area contributed by atoms with Gasteiger partial charge in [0.1, 0.15) is 12.2 Å². The van der Waals surface area contributed by atoms with Crippen LogP contribution in [0.5, 0.6) is 0 Å². The van der Waals surface area contributed by atoms with Crippen molar-refractivity contribution in [1.29, 1.82) is 0 Å². The lowest BCUT2D eigenvalue weighted by atomic mass is 10.4. The molecule has 0 aliphatic rings. The van der Waals surface area contributed by atoms with Crippen molar-refractivity contribution < 1.29 is 4.79 Å². The first-order valence-electron chi connectivity index (χ1n) is 5.84. The first-order chi connectivity index (χ1) is 9.65. The van der Waals surface area contributed by atoms with Crippen LogP contribution in [0.15, 0.2) is 29.4 Å². The quantitative estimate of drug-likeness (QED) is 0.798. The van der Waals surface area contributed by atoms with E-state index in [0.717, 1.165) is 10.7 Å². The van der Waals surface area contributed by atoms with E-state index < -0.39 is 0 Å². The smallest absolute Gasteiger partial charge is 0.230 e. The molecule has 0 aliphatic heterocycles. The van der Waals surface area contributed by atoms with Gasteiger partial charge in [-0.3, -0.25) is 9.89 Å². The van der Waals surface area contributed by atoms with Crippen molar-refractivity contribution in [2.24, 2.45) is 0 Å². The minimum absolute atomic E-state index is 0.0643. The van der Waals surface area contributed by atoms with Crippen molar-refractivity contribution in [3.8, 4) is 0 Å². The molecule has 5 nitrogen and oxygen atoms in total. The summed E-state index contributed by atoms with van der Waals surface area (Å²) in [6, 6.07) is 5.18. The van der Waals surface area contributed by atoms with Crippen LogP contribution < -0.4 is 5.32 Å². The lowest BCUT2D eigenvalue weighted by Gasteiger charge is -2.06. The van der Waals surface area contributed by atoms with Gasteiger partial charge in [0.05, 0.1) is 10.8 Å². The maximum Gasteiger partial charge on any atom is 0.230 e. The number of hydrogen-bond donors (Lipinski definition) is 2. The van der Waals surface area contributed by atoms with Crippen LogP contribution in [-0.2, 0) is 11.2 Å². The van der Waals surface area contributed by atoms with Crippen LogP contribution in [0.25, 0.3) is 0 Å². The highest BCUT2D eigenvalue weighted by molar-refractivity contribution is 8.00. The molecule has 0 radical (unpaired) electrons. The summed E-state index contributed by atoms with van der Waals surface area (Å²) in [5.41, 5.74) is 0. The molecule has 0 unspecified atom stereocenters. The summed E-state index contributed by atoms with van der Waals surface area (Å²) >= 11 is 13.3. The van der Waals surface area contributed by atoms with Crippen molar-refractivity contribution in [3.63, 3.8) is 0 Å². The summed E-state index contributed by atoms with van der Waals surface area (Å²) in [5, 5.41) is 10.5. The third-order valence-corrected chi connectivity index (χ3v) is 4.13. The molecular weight excluding hydrogens is 319 g/mol. The Balaban J connectivity index is 1.73. The molecular formula is C12H12Cl2N4OS. The number of halogens is 2. The van der Waals surface area contributed by atoms with Gasteiger partial charge >= 0.3 is 0 Å². The second-order valence-electron chi connectivity index (χ2n) is 3.90. The lowest BCUT2D eigenvalue weighted by Crippen LogP contribution is -2.27. The third kappa shape index (κ3) is 4.70. The number of nitrogens with one attached hydrogen (secondary N) is 2. The molecule has 1 amide bonds. The van der Waals surface area contributed by atoms with E-state index >= 15 is 0 Å². The zero-order valence-electron chi connectivity index (χ0n) is 10.4. The van der Waals surface area contributed by atoms with E-state index in [1.54, 1.807) is 18.2 Å². The summed E-state index contributed by atoms with van der Waals surface area (Å²) in [6.07, 6.45) is 2.06. The summed E-state index contributed by atoms with van der Waals surface area (Å²) < 4.78 is 0. The van der Waals surface area contributed by atoms with E-state index in [1.165, 1.54) is 18.1 Å². The minimum atomic E-state index is -0.0643. The maximum atomic E-state index is 11.7. The van der Waals surface area contributed by atoms with Gasteiger partial charge in [0.15, 0.2) is 0 Å². The first kappa shape index (κ1) is 15.2. The summed E-state index contributed by atoms with van der Waals surface area (Å²) in [4.78, 5) is 16.5. The number of aromatic nitrogens is 3. The monoisotopic (exact) mass is 330 g/mol. The number of thioether (sulfide) groups is 1. The second kappa shape index (κ2) is 7.52. The van der Waals surface area contributed by atoms with Gasteiger partial charge < -0.3 is 5.32 Å². The van der Waals surface area contributed by atoms with E-state index in [4.69, 9.17) is 23.2 Å². The molecule has 0 saturated carbocycles. The highest BCUT2D eigenvalue weighted by Gasteiger charge is 2.06. The van der Waals surface area contributed by atoms with Crippen LogP contribution in [0, 0.1) is 0 Å². The minimum Gasteiger partial charge on any atom is -0.355 e. The van der Waals surface area contributed by atoms with Crippen molar-refractivity contribution in [3.05, 3.63) is 40.4 Å².